The number of rotatable bonds is 0. The summed E-state index contributed by atoms with van der Waals surface area (Å²) in [4.78, 5) is 2.57. The van der Waals surface area contributed by atoms with Gasteiger partial charge in [-0.05, 0) is 45.2 Å². The molecule has 0 amide bonds. The maximum absolute atomic E-state index is 7.00. The molecule has 1 N–H and O–H groups in total. The summed E-state index contributed by atoms with van der Waals surface area (Å²) in [7, 11) is 3.29. The Morgan fingerprint density at radius 2 is 1.75 bits per heavy atom. The van der Waals surface area contributed by atoms with Gasteiger partial charge in [-0.3, -0.25) is 0 Å². The molecule has 1 saturated heterocycles. The van der Waals surface area contributed by atoms with E-state index in [4.69, 9.17) is 5.11 Å². The average Bonchev–Trinajstić information content (AvgIpc) is 2.57. The molecule has 1 saturated carbocycles. The Hall–Kier alpha value is -0.0800. The van der Waals surface area contributed by atoms with E-state index in [1.165, 1.54) is 38.6 Å². The number of nitrogens with zero attached hydrogens (tertiary/aromatic N) is 1. The largest absolute Gasteiger partial charge is 0.400 e. The molecule has 0 aromatic rings. The number of fused-ring (bicyclic) bond motifs is 1. The lowest BCUT2D eigenvalue weighted by atomic mass is 9.93. The van der Waals surface area contributed by atoms with E-state index < -0.39 is 0 Å². The molecule has 2 heteroatoms. The first-order chi connectivity index (χ1) is 5.88. The van der Waals surface area contributed by atoms with Crippen molar-refractivity contribution >= 4 is 0 Å². The fraction of sp³-hybridized carbons (Fsp3) is 1.00. The summed E-state index contributed by atoms with van der Waals surface area (Å²) >= 11 is 0. The Labute approximate surface area is 75.6 Å². The third-order valence-corrected chi connectivity index (χ3v) is 3.27. The summed E-state index contributed by atoms with van der Waals surface area (Å²) in [5.74, 6) is 1.07. The zero-order chi connectivity index (χ0) is 8.97. The van der Waals surface area contributed by atoms with E-state index in [2.05, 4.69) is 11.9 Å². The monoisotopic (exact) mass is 171 g/mol. The van der Waals surface area contributed by atoms with Crippen LogP contribution in [0.5, 0.6) is 0 Å². The maximum Gasteiger partial charge on any atom is 0.0319 e. The number of likely N-dealkylation sites (tertiary alicyclic amines) is 1. The van der Waals surface area contributed by atoms with Gasteiger partial charge in [0.15, 0.2) is 0 Å². The Balaban J connectivity index is 0.000000336. The summed E-state index contributed by atoms with van der Waals surface area (Å²) in [6, 6.07) is 0.966. The highest BCUT2D eigenvalue weighted by Crippen LogP contribution is 2.35. The highest BCUT2D eigenvalue weighted by atomic mass is 16.2. The molecule has 1 aliphatic carbocycles. The number of aliphatic hydroxyl groups excluding tert-OH is 1. The van der Waals surface area contributed by atoms with E-state index in [1.807, 2.05) is 0 Å². The smallest absolute Gasteiger partial charge is 0.0319 e. The summed E-state index contributed by atoms with van der Waals surface area (Å²) < 4.78 is 0. The van der Waals surface area contributed by atoms with Crippen LogP contribution in [0, 0.1) is 5.92 Å². The molecule has 0 aromatic carbocycles. The SMILES string of the molecule is CN1CCCC2CCCC21.CO. The molecule has 0 radical (unpaired) electrons. The number of piperidine rings is 1. The summed E-state index contributed by atoms with van der Waals surface area (Å²) in [6.45, 7) is 1.35. The van der Waals surface area contributed by atoms with E-state index >= 15 is 0 Å². The second kappa shape index (κ2) is 4.83. The van der Waals surface area contributed by atoms with Gasteiger partial charge in [0, 0.05) is 13.2 Å². The molecule has 0 aromatic heterocycles. The van der Waals surface area contributed by atoms with Gasteiger partial charge in [0.1, 0.15) is 0 Å². The Kier molecular flexibility index (Phi) is 4.02. The Morgan fingerprint density at radius 3 is 2.42 bits per heavy atom. The van der Waals surface area contributed by atoms with Crippen LogP contribution in [0.4, 0.5) is 0 Å². The van der Waals surface area contributed by atoms with Crippen molar-refractivity contribution in [1.29, 1.82) is 0 Å². The van der Waals surface area contributed by atoms with E-state index in [0.717, 1.165) is 19.1 Å². The van der Waals surface area contributed by atoms with Crippen molar-refractivity contribution < 1.29 is 5.11 Å². The van der Waals surface area contributed by atoms with E-state index in [9.17, 15) is 0 Å². The molecule has 0 bridgehead atoms. The first-order valence-electron chi connectivity index (χ1n) is 5.03. The molecule has 2 nitrogen and oxygen atoms in total. The van der Waals surface area contributed by atoms with Crippen LogP contribution in [-0.2, 0) is 0 Å². The minimum atomic E-state index is 0.966. The third-order valence-electron chi connectivity index (χ3n) is 3.27. The van der Waals surface area contributed by atoms with Gasteiger partial charge >= 0.3 is 0 Å². The van der Waals surface area contributed by atoms with Crippen molar-refractivity contribution in [3.05, 3.63) is 0 Å². The van der Waals surface area contributed by atoms with Crippen LogP contribution in [0.1, 0.15) is 32.1 Å². The minimum absolute atomic E-state index is 0.966. The number of hydrogen-bond acceptors (Lipinski definition) is 2. The average molecular weight is 171 g/mol. The number of aliphatic hydroxyl groups is 1. The summed E-state index contributed by atoms with van der Waals surface area (Å²) in [5, 5.41) is 7.00. The topological polar surface area (TPSA) is 23.5 Å². The van der Waals surface area contributed by atoms with Gasteiger partial charge in [0.25, 0.3) is 0 Å². The van der Waals surface area contributed by atoms with Crippen molar-refractivity contribution in [1.82, 2.24) is 4.90 Å². The number of hydrogen-bond donors (Lipinski definition) is 1. The molecule has 2 rings (SSSR count). The zero-order valence-corrected chi connectivity index (χ0v) is 8.29. The first kappa shape index (κ1) is 10.0. The van der Waals surface area contributed by atoms with Gasteiger partial charge in [-0.25, -0.2) is 0 Å². The van der Waals surface area contributed by atoms with Gasteiger partial charge in [-0.1, -0.05) is 6.42 Å². The quantitative estimate of drug-likeness (QED) is 0.597. The standard InChI is InChI=1S/C9H17N.CH4O/c1-10-7-3-5-8-4-2-6-9(8)10;1-2/h8-9H,2-7H2,1H3;2H,1H3. The molecule has 2 fully saturated rings. The van der Waals surface area contributed by atoms with E-state index in [-0.39, 0.29) is 0 Å². The fourth-order valence-electron chi connectivity index (χ4n) is 2.70. The zero-order valence-electron chi connectivity index (χ0n) is 8.29. The van der Waals surface area contributed by atoms with Crippen LogP contribution in [0.3, 0.4) is 0 Å². The Bertz CT molecular complexity index is 127. The van der Waals surface area contributed by atoms with Crippen LogP contribution in [0.25, 0.3) is 0 Å². The molecular weight excluding hydrogens is 150 g/mol. The molecule has 2 aliphatic rings. The minimum Gasteiger partial charge on any atom is -0.400 e. The molecular formula is C10H21NO. The third kappa shape index (κ3) is 1.99. The van der Waals surface area contributed by atoms with Crippen molar-refractivity contribution in [2.24, 2.45) is 5.92 Å². The van der Waals surface area contributed by atoms with Crippen LogP contribution >= 0.6 is 0 Å². The predicted octanol–water partition coefficient (Wildman–Crippen LogP) is 1.49. The van der Waals surface area contributed by atoms with Gasteiger partial charge in [0.2, 0.25) is 0 Å². The highest BCUT2D eigenvalue weighted by molar-refractivity contribution is 4.87. The molecule has 2 unspecified atom stereocenters. The predicted molar refractivity (Wildman–Crippen MR) is 51.1 cm³/mol. The lowest BCUT2D eigenvalue weighted by molar-refractivity contribution is 0.144. The fourth-order valence-corrected chi connectivity index (χ4v) is 2.70. The molecule has 12 heavy (non-hydrogen) atoms. The molecule has 0 spiro atoms. The van der Waals surface area contributed by atoms with Crippen molar-refractivity contribution in [2.75, 3.05) is 20.7 Å². The molecule has 1 aliphatic heterocycles. The first-order valence-corrected chi connectivity index (χ1v) is 5.03. The second-order valence-electron chi connectivity index (χ2n) is 3.88. The summed E-state index contributed by atoms with van der Waals surface area (Å²) in [6.07, 6.45) is 7.42. The van der Waals surface area contributed by atoms with Crippen LogP contribution in [0.15, 0.2) is 0 Å². The molecule has 2 atom stereocenters. The van der Waals surface area contributed by atoms with Crippen molar-refractivity contribution in [3.8, 4) is 0 Å². The van der Waals surface area contributed by atoms with Gasteiger partial charge in [0.05, 0.1) is 0 Å². The lowest BCUT2D eigenvalue weighted by Gasteiger charge is -2.34. The van der Waals surface area contributed by atoms with E-state index in [1.54, 1.807) is 0 Å². The molecule has 1 heterocycles. The molecule has 72 valence electrons. The second-order valence-corrected chi connectivity index (χ2v) is 3.88. The van der Waals surface area contributed by atoms with Gasteiger partial charge < -0.3 is 10.0 Å². The van der Waals surface area contributed by atoms with Crippen molar-refractivity contribution in [2.45, 2.75) is 38.1 Å². The summed E-state index contributed by atoms with van der Waals surface area (Å²) in [5.41, 5.74) is 0. The van der Waals surface area contributed by atoms with Crippen LogP contribution in [0.2, 0.25) is 0 Å². The van der Waals surface area contributed by atoms with Gasteiger partial charge in [-0.2, -0.15) is 0 Å². The van der Waals surface area contributed by atoms with Crippen LogP contribution < -0.4 is 0 Å². The van der Waals surface area contributed by atoms with Crippen molar-refractivity contribution in [3.63, 3.8) is 0 Å². The highest BCUT2D eigenvalue weighted by Gasteiger charge is 2.32. The van der Waals surface area contributed by atoms with Gasteiger partial charge in [-0.15, -0.1) is 0 Å². The maximum atomic E-state index is 7.00. The van der Waals surface area contributed by atoms with E-state index in [0.29, 0.717) is 0 Å². The lowest BCUT2D eigenvalue weighted by Crippen LogP contribution is -2.39. The Morgan fingerprint density at radius 1 is 1.08 bits per heavy atom. The van der Waals surface area contributed by atoms with Crippen LogP contribution in [-0.4, -0.2) is 36.8 Å². The normalized spacial score (nSPS) is 35.2.